The van der Waals surface area contributed by atoms with Gasteiger partial charge in [0.15, 0.2) is 11.5 Å². The zero-order chi connectivity index (χ0) is 19.8. The third-order valence-electron chi connectivity index (χ3n) is 4.35. The van der Waals surface area contributed by atoms with E-state index in [4.69, 9.17) is 9.47 Å². The van der Waals surface area contributed by atoms with Crippen LogP contribution in [-0.4, -0.2) is 35.1 Å². The van der Waals surface area contributed by atoms with Gasteiger partial charge in [-0.25, -0.2) is 9.18 Å². The average Bonchev–Trinajstić information content (AvgIpc) is 3.05. The van der Waals surface area contributed by atoms with Crippen molar-refractivity contribution in [3.8, 4) is 11.5 Å². The molecule has 142 valence electrons. The molecule has 0 bridgehead atoms. The maximum Gasteiger partial charge on any atom is 0.350 e. The molecule has 0 aliphatic rings. The highest BCUT2D eigenvalue weighted by atomic mass is 19.1. The Balaban J connectivity index is 1.93. The number of aromatic amines is 2. The summed E-state index contributed by atoms with van der Waals surface area (Å²) in [6, 6.07) is 9.23. The summed E-state index contributed by atoms with van der Waals surface area (Å²) in [6.45, 7) is 0. The van der Waals surface area contributed by atoms with Gasteiger partial charge in [-0.2, -0.15) is 5.10 Å². The van der Waals surface area contributed by atoms with E-state index in [-0.39, 0.29) is 11.1 Å². The number of nitrogens with one attached hydrogen (secondary N) is 2. The number of methoxy groups -OCH3 is 2. The fourth-order valence-electron chi connectivity index (χ4n) is 2.97. The standard InChI is InChI=1S/C19H15FN4O4/c1-27-14-7-11-13(8-15(14)28-2)22-17-16(11)23-19(26)24(18(17)25)21-9-10-5-3-4-6-12(10)20/h3-9,22H,1-2H3,(H,23,26)/b21-9-. The molecule has 2 heterocycles. The summed E-state index contributed by atoms with van der Waals surface area (Å²) in [5.74, 6) is 0.418. The molecule has 0 aliphatic carbocycles. The van der Waals surface area contributed by atoms with Gasteiger partial charge in [-0.05, 0) is 12.1 Å². The van der Waals surface area contributed by atoms with Crippen molar-refractivity contribution in [2.24, 2.45) is 5.10 Å². The fraction of sp³-hybridized carbons (Fsp3) is 0.105. The Morgan fingerprint density at radius 3 is 2.46 bits per heavy atom. The van der Waals surface area contributed by atoms with Crippen LogP contribution in [0.5, 0.6) is 11.5 Å². The Hall–Kier alpha value is -3.88. The van der Waals surface area contributed by atoms with Crippen LogP contribution in [0.4, 0.5) is 4.39 Å². The lowest BCUT2D eigenvalue weighted by molar-refractivity contribution is 0.356. The Morgan fingerprint density at radius 2 is 1.75 bits per heavy atom. The third-order valence-corrected chi connectivity index (χ3v) is 4.35. The molecular formula is C19H15FN4O4. The van der Waals surface area contributed by atoms with E-state index in [0.717, 1.165) is 6.21 Å². The summed E-state index contributed by atoms with van der Waals surface area (Å²) in [7, 11) is 2.99. The number of rotatable bonds is 4. The van der Waals surface area contributed by atoms with Gasteiger partial charge in [0.1, 0.15) is 11.3 Å². The molecule has 4 aromatic rings. The van der Waals surface area contributed by atoms with Crippen molar-refractivity contribution in [2.75, 3.05) is 14.2 Å². The van der Waals surface area contributed by atoms with Gasteiger partial charge in [-0.15, -0.1) is 4.68 Å². The summed E-state index contributed by atoms with van der Waals surface area (Å²) in [6.07, 6.45) is 1.12. The maximum absolute atomic E-state index is 13.7. The summed E-state index contributed by atoms with van der Waals surface area (Å²) in [5.41, 5.74) is -0.212. The number of ether oxygens (including phenoxy) is 2. The lowest BCUT2D eigenvalue weighted by Crippen LogP contribution is -2.32. The molecule has 2 N–H and O–H groups in total. The number of fused-ring (bicyclic) bond motifs is 3. The van der Waals surface area contributed by atoms with Crippen molar-refractivity contribution in [2.45, 2.75) is 0 Å². The molecular weight excluding hydrogens is 367 g/mol. The van der Waals surface area contributed by atoms with Crippen LogP contribution in [-0.2, 0) is 0 Å². The summed E-state index contributed by atoms with van der Waals surface area (Å²) < 4.78 is 24.9. The minimum Gasteiger partial charge on any atom is -0.493 e. The minimum atomic E-state index is -0.749. The molecule has 8 nitrogen and oxygen atoms in total. The summed E-state index contributed by atoms with van der Waals surface area (Å²) in [4.78, 5) is 30.8. The fourth-order valence-corrected chi connectivity index (χ4v) is 2.97. The van der Waals surface area contributed by atoms with Gasteiger partial charge in [0.2, 0.25) is 0 Å². The molecule has 2 aromatic carbocycles. The van der Waals surface area contributed by atoms with Gasteiger partial charge in [0, 0.05) is 17.0 Å². The molecule has 0 fully saturated rings. The predicted octanol–water partition coefficient (Wildman–Crippen LogP) is 2.21. The van der Waals surface area contributed by atoms with Crippen molar-refractivity contribution in [3.05, 3.63) is 68.6 Å². The Kier molecular flexibility index (Phi) is 4.19. The van der Waals surface area contributed by atoms with Crippen LogP contribution in [0.2, 0.25) is 0 Å². The molecule has 0 saturated carbocycles. The van der Waals surface area contributed by atoms with Crippen molar-refractivity contribution in [3.63, 3.8) is 0 Å². The normalized spacial score (nSPS) is 11.5. The smallest absolute Gasteiger partial charge is 0.350 e. The lowest BCUT2D eigenvalue weighted by Gasteiger charge is -2.06. The zero-order valence-corrected chi connectivity index (χ0v) is 14.9. The Morgan fingerprint density at radius 1 is 1.04 bits per heavy atom. The average molecular weight is 382 g/mol. The highest BCUT2D eigenvalue weighted by Gasteiger charge is 2.15. The van der Waals surface area contributed by atoms with Crippen LogP contribution >= 0.6 is 0 Å². The molecule has 0 atom stereocenters. The van der Waals surface area contributed by atoms with Gasteiger partial charge in [0.05, 0.1) is 31.5 Å². The van der Waals surface area contributed by atoms with Crippen LogP contribution < -0.4 is 20.7 Å². The van der Waals surface area contributed by atoms with E-state index in [9.17, 15) is 14.0 Å². The van der Waals surface area contributed by atoms with E-state index in [2.05, 4.69) is 15.1 Å². The summed E-state index contributed by atoms with van der Waals surface area (Å²) >= 11 is 0. The summed E-state index contributed by atoms with van der Waals surface area (Å²) in [5, 5.41) is 4.44. The second-order valence-corrected chi connectivity index (χ2v) is 5.94. The van der Waals surface area contributed by atoms with Crippen LogP contribution in [0.25, 0.3) is 21.9 Å². The van der Waals surface area contributed by atoms with E-state index in [1.54, 1.807) is 18.2 Å². The van der Waals surface area contributed by atoms with Crippen LogP contribution in [0, 0.1) is 5.82 Å². The van der Waals surface area contributed by atoms with Gasteiger partial charge in [-0.1, -0.05) is 18.2 Å². The molecule has 9 heteroatoms. The Labute approximate surface area is 156 Å². The van der Waals surface area contributed by atoms with Crippen molar-refractivity contribution < 1.29 is 13.9 Å². The number of H-pyrrole nitrogens is 2. The van der Waals surface area contributed by atoms with E-state index in [0.29, 0.717) is 32.6 Å². The quantitative estimate of drug-likeness (QED) is 0.529. The van der Waals surface area contributed by atoms with Crippen molar-refractivity contribution >= 4 is 28.2 Å². The lowest BCUT2D eigenvalue weighted by atomic mass is 10.2. The van der Waals surface area contributed by atoms with E-state index < -0.39 is 17.1 Å². The predicted molar refractivity (Wildman–Crippen MR) is 103 cm³/mol. The number of nitrogens with zero attached hydrogens (tertiary/aromatic N) is 2. The number of hydrogen-bond acceptors (Lipinski definition) is 5. The number of halogens is 1. The van der Waals surface area contributed by atoms with E-state index >= 15 is 0 Å². The number of aromatic nitrogens is 3. The van der Waals surface area contributed by atoms with Crippen LogP contribution in [0.15, 0.2) is 51.1 Å². The molecule has 0 spiro atoms. The first-order chi connectivity index (χ1) is 13.5. The monoisotopic (exact) mass is 382 g/mol. The van der Waals surface area contributed by atoms with Gasteiger partial charge >= 0.3 is 11.2 Å². The van der Waals surface area contributed by atoms with Crippen LogP contribution in [0.3, 0.4) is 0 Å². The number of benzene rings is 2. The third kappa shape index (κ3) is 2.73. The first-order valence-corrected chi connectivity index (χ1v) is 8.25. The highest BCUT2D eigenvalue weighted by molar-refractivity contribution is 6.05. The molecule has 0 amide bonds. The second-order valence-electron chi connectivity index (χ2n) is 5.94. The minimum absolute atomic E-state index is 0.149. The first-order valence-electron chi connectivity index (χ1n) is 8.25. The van der Waals surface area contributed by atoms with Crippen LogP contribution in [0.1, 0.15) is 5.56 Å². The molecule has 0 saturated heterocycles. The Bertz CT molecular complexity index is 1350. The van der Waals surface area contributed by atoms with E-state index in [1.165, 1.54) is 32.4 Å². The topological polar surface area (TPSA) is 101 Å². The van der Waals surface area contributed by atoms with E-state index in [1.807, 2.05) is 0 Å². The molecule has 28 heavy (non-hydrogen) atoms. The zero-order valence-electron chi connectivity index (χ0n) is 14.9. The SMILES string of the molecule is COc1cc2[nH]c3c(=O)n(/N=C\c4ccccc4F)c(=O)[nH]c3c2cc1OC. The van der Waals surface area contributed by atoms with Gasteiger partial charge < -0.3 is 19.4 Å². The molecule has 4 rings (SSSR count). The molecule has 0 aliphatic heterocycles. The van der Waals surface area contributed by atoms with Crippen molar-refractivity contribution in [1.29, 1.82) is 0 Å². The van der Waals surface area contributed by atoms with Crippen molar-refractivity contribution in [1.82, 2.24) is 14.6 Å². The molecule has 0 radical (unpaired) electrons. The molecule has 2 aromatic heterocycles. The van der Waals surface area contributed by atoms with Gasteiger partial charge in [0.25, 0.3) is 0 Å². The maximum atomic E-state index is 13.7. The second kappa shape index (κ2) is 6.69. The van der Waals surface area contributed by atoms with Gasteiger partial charge in [-0.3, -0.25) is 4.79 Å². The molecule has 0 unspecified atom stereocenters. The first kappa shape index (κ1) is 17.5. The largest absolute Gasteiger partial charge is 0.493 e. The highest BCUT2D eigenvalue weighted by Crippen LogP contribution is 2.34. The number of hydrogen-bond donors (Lipinski definition) is 2.